The molecule has 254 valence electrons. The largest absolute Gasteiger partial charge is 0.457 e. The van der Waals surface area contributed by atoms with E-state index in [1.807, 2.05) is 110 Å². The van der Waals surface area contributed by atoms with Crippen molar-refractivity contribution in [3.05, 3.63) is 179 Å². The Hall–Kier alpha value is -6.12. The average molecular weight is 692 g/mol. The van der Waals surface area contributed by atoms with E-state index in [1.54, 1.807) is 42.5 Å². The van der Waals surface area contributed by atoms with Crippen LogP contribution in [0.2, 0.25) is 0 Å². The number of thioether (sulfide) groups is 1. The first-order valence-corrected chi connectivity index (χ1v) is 17.5. The number of benzene rings is 5. The van der Waals surface area contributed by atoms with Crippen molar-refractivity contribution in [2.75, 3.05) is 10.6 Å². The van der Waals surface area contributed by atoms with E-state index in [9.17, 15) is 14.4 Å². The van der Waals surface area contributed by atoms with Crippen LogP contribution in [0.5, 0.6) is 0 Å². The minimum atomic E-state index is -0.524. The van der Waals surface area contributed by atoms with Crippen LogP contribution in [0.15, 0.2) is 161 Å². The molecule has 1 aromatic heterocycles. The summed E-state index contributed by atoms with van der Waals surface area (Å²) in [7, 11) is 0. The third-order valence-corrected chi connectivity index (χ3v) is 9.46. The number of nitrogens with one attached hydrogen (secondary N) is 3. The van der Waals surface area contributed by atoms with Crippen molar-refractivity contribution in [2.24, 2.45) is 0 Å². The molecule has 7 nitrogen and oxygen atoms in total. The number of hydrogen-bond donors (Lipinski definition) is 3. The van der Waals surface area contributed by atoms with Gasteiger partial charge < -0.3 is 20.4 Å². The second-order valence-electron chi connectivity index (χ2n) is 11.8. The fraction of sp³-hybridized carbons (Fsp3) is 0.0930. The number of furan rings is 1. The molecular formula is C43H37N3O4S. The van der Waals surface area contributed by atoms with Crippen molar-refractivity contribution in [3.8, 4) is 11.3 Å². The Morgan fingerprint density at radius 3 is 2.08 bits per heavy atom. The number of carbonyl (C=O) groups is 3. The molecule has 1 heterocycles. The SMILES string of the molecule is CCc1cccc(C)c1NC(=O)[C@H](Sc1ccc(NC(=O)/C(=C\c2ccc(-c3ccccc3)o2)NC(=O)c2ccccc2)cc1)c1ccccc1. The Kier molecular flexibility index (Phi) is 11.3. The normalized spacial score (nSPS) is 11.8. The fourth-order valence-corrected chi connectivity index (χ4v) is 6.54. The van der Waals surface area contributed by atoms with Gasteiger partial charge >= 0.3 is 0 Å². The molecule has 0 spiro atoms. The Balaban J connectivity index is 1.21. The van der Waals surface area contributed by atoms with Gasteiger partial charge in [0, 0.05) is 33.5 Å². The molecule has 0 bridgehead atoms. The topological polar surface area (TPSA) is 100 Å². The highest BCUT2D eigenvalue weighted by molar-refractivity contribution is 8.00. The van der Waals surface area contributed by atoms with E-state index in [0.717, 1.165) is 39.3 Å². The molecule has 0 saturated heterocycles. The zero-order valence-corrected chi connectivity index (χ0v) is 29.1. The summed E-state index contributed by atoms with van der Waals surface area (Å²) in [5.74, 6) is -0.0355. The minimum Gasteiger partial charge on any atom is -0.457 e. The summed E-state index contributed by atoms with van der Waals surface area (Å²) in [6.45, 7) is 4.07. The maximum Gasteiger partial charge on any atom is 0.272 e. The fourth-order valence-electron chi connectivity index (χ4n) is 5.52. The standard InChI is InChI=1S/C43H37N3O4S/c1-3-30-21-13-14-29(2)39(30)46-43(49)40(32-17-9-5-10-18-32)51-36-25-22-34(23-26-36)44-42(48)37(45-41(47)33-19-11-6-12-20-33)28-35-24-27-38(50-35)31-15-7-4-8-16-31/h4-28,40H,3H2,1-2H3,(H,44,48)(H,45,47)(H,46,49)/b37-28+/t40-/m1/s1. The van der Waals surface area contributed by atoms with E-state index in [0.29, 0.717) is 22.8 Å². The molecule has 6 rings (SSSR count). The molecule has 3 amide bonds. The molecule has 51 heavy (non-hydrogen) atoms. The number of para-hydroxylation sites is 1. The second kappa shape index (κ2) is 16.5. The van der Waals surface area contributed by atoms with Crippen LogP contribution in [0.25, 0.3) is 17.4 Å². The first kappa shape index (κ1) is 34.7. The first-order valence-electron chi connectivity index (χ1n) is 16.6. The molecule has 6 aromatic rings. The summed E-state index contributed by atoms with van der Waals surface area (Å²) in [6.07, 6.45) is 2.31. The molecule has 3 N–H and O–H groups in total. The Morgan fingerprint density at radius 1 is 0.725 bits per heavy atom. The van der Waals surface area contributed by atoms with Gasteiger partial charge in [-0.1, -0.05) is 104 Å². The van der Waals surface area contributed by atoms with Gasteiger partial charge in [-0.15, -0.1) is 11.8 Å². The Morgan fingerprint density at radius 2 is 1.39 bits per heavy atom. The molecule has 0 saturated carbocycles. The maximum atomic E-state index is 13.8. The van der Waals surface area contributed by atoms with Gasteiger partial charge in [-0.2, -0.15) is 0 Å². The van der Waals surface area contributed by atoms with Gasteiger partial charge in [0.1, 0.15) is 22.5 Å². The van der Waals surface area contributed by atoms with Crippen LogP contribution in [-0.2, 0) is 16.0 Å². The van der Waals surface area contributed by atoms with E-state index < -0.39 is 17.1 Å². The molecule has 0 aliphatic heterocycles. The highest BCUT2D eigenvalue weighted by atomic mass is 32.2. The van der Waals surface area contributed by atoms with E-state index in [2.05, 4.69) is 22.9 Å². The van der Waals surface area contributed by atoms with E-state index in [1.165, 1.54) is 17.8 Å². The van der Waals surface area contributed by atoms with Crippen LogP contribution >= 0.6 is 11.8 Å². The van der Waals surface area contributed by atoms with Crippen LogP contribution in [-0.4, -0.2) is 17.7 Å². The number of rotatable bonds is 12. The molecule has 1 atom stereocenters. The minimum absolute atomic E-state index is 0.0136. The van der Waals surface area contributed by atoms with Gasteiger partial charge in [-0.25, -0.2) is 0 Å². The zero-order valence-electron chi connectivity index (χ0n) is 28.3. The molecule has 0 fully saturated rings. The summed E-state index contributed by atoms with van der Waals surface area (Å²) in [5, 5.41) is 8.32. The lowest BCUT2D eigenvalue weighted by atomic mass is 10.1. The number of hydrogen-bond acceptors (Lipinski definition) is 5. The molecule has 0 aliphatic carbocycles. The zero-order chi connectivity index (χ0) is 35.6. The van der Waals surface area contributed by atoms with Crippen molar-refractivity contribution in [2.45, 2.75) is 30.4 Å². The first-order chi connectivity index (χ1) is 24.9. The summed E-state index contributed by atoms with van der Waals surface area (Å²) >= 11 is 1.43. The van der Waals surface area contributed by atoms with Gasteiger partial charge in [0.05, 0.1) is 0 Å². The predicted molar refractivity (Wildman–Crippen MR) is 205 cm³/mol. The van der Waals surface area contributed by atoms with Gasteiger partial charge in [0.25, 0.3) is 11.8 Å². The van der Waals surface area contributed by atoms with Gasteiger partial charge in [-0.05, 0) is 78.6 Å². The maximum absolute atomic E-state index is 13.8. The number of anilines is 2. The van der Waals surface area contributed by atoms with Crippen LogP contribution in [0.1, 0.15) is 45.0 Å². The number of aryl methyl sites for hydroxylation is 2. The van der Waals surface area contributed by atoms with Gasteiger partial charge in [0.2, 0.25) is 5.91 Å². The molecule has 0 radical (unpaired) electrons. The molecule has 0 unspecified atom stereocenters. The van der Waals surface area contributed by atoms with Crippen LogP contribution in [0.3, 0.4) is 0 Å². The van der Waals surface area contributed by atoms with Crippen LogP contribution in [0, 0.1) is 6.92 Å². The smallest absolute Gasteiger partial charge is 0.272 e. The molecule has 8 heteroatoms. The predicted octanol–water partition coefficient (Wildman–Crippen LogP) is 9.70. The third-order valence-electron chi connectivity index (χ3n) is 8.20. The highest BCUT2D eigenvalue weighted by Crippen LogP contribution is 2.37. The molecular weight excluding hydrogens is 655 g/mol. The van der Waals surface area contributed by atoms with Gasteiger partial charge in [-0.3, -0.25) is 14.4 Å². The molecule has 0 aliphatic rings. The second-order valence-corrected chi connectivity index (χ2v) is 13.0. The van der Waals surface area contributed by atoms with Crippen LogP contribution in [0.4, 0.5) is 11.4 Å². The average Bonchev–Trinajstić information content (AvgIpc) is 3.64. The van der Waals surface area contributed by atoms with Crippen molar-refractivity contribution in [1.82, 2.24) is 5.32 Å². The van der Waals surface area contributed by atoms with Crippen LogP contribution < -0.4 is 16.0 Å². The Labute approximate surface area is 301 Å². The van der Waals surface area contributed by atoms with Crippen molar-refractivity contribution < 1.29 is 18.8 Å². The van der Waals surface area contributed by atoms with Gasteiger partial charge in [0.15, 0.2) is 0 Å². The summed E-state index contributed by atoms with van der Waals surface area (Å²) in [5.41, 5.74) is 5.64. The lowest BCUT2D eigenvalue weighted by Gasteiger charge is -2.20. The van der Waals surface area contributed by atoms with E-state index >= 15 is 0 Å². The van der Waals surface area contributed by atoms with Crippen molar-refractivity contribution in [3.63, 3.8) is 0 Å². The summed E-state index contributed by atoms with van der Waals surface area (Å²) in [6, 6.07) is 44.8. The highest BCUT2D eigenvalue weighted by Gasteiger charge is 2.24. The van der Waals surface area contributed by atoms with E-state index in [-0.39, 0.29) is 11.6 Å². The van der Waals surface area contributed by atoms with E-state index in [4.69, 9.17) is 4.42 Å². The monoisotopic (exact) mass is 691 g/mol. The lowest BCUT2D eigenvalue weighted by Crippen LogP contribution is -2.30. The summed E-state index contributed by atoms with van der Waals surface area (Å²) < 4.78 is 6.01. The number of amides is 3. The summed E-state index contributed by atoms with van der Waals surface area (Å²) in [4.78, 5) is 41.4. The lowest BCUT2D eigenvalue weighted by molar-refractivity contribution is -0.116. The molecule has 5 aromatic carbocycles. The van der Waals surface area contributed by atoms with Crippen molar-refractivity contribution in [1.29, 1.82) is 0 Å². The number of carbonyl (C=O) groups excluding carboxylic acids is 3. The quantitative estimate of drug-likeness (QED) is 0.0877. The Bertz CT molecular complexity index is 2140. The third kappa shape index (κ3) is 8.92. The van der Waals surface area contributed by atoms with Crippen molar-refractivity contribution >= 4 is 46.9 Å².